The average Bonchev–Trinajstić information content (AvgIpc) is 2.81. The number of pyridine rings is 1. The van der Waals surface area contributed by atoms with Gasteiger partial charge in [-0.3, -0.25) is 14.6 Å². The van der Waals surface area contributed by atoms with E-state index in [-0.39, 0.29) is 16.1 Å². The number of nitrogens with two attached hydrogens (primary N) is 1. The molecule has 0 radical (unpaired) electrons. The van der Waals surface area contributed by atoms with Crippen molar-refractivity contribution in [3.63, 3.8) is 0 Å². The van der Waals surface area contributed by atoms with E-state index in [1.807, 2.05) is 0 Å². The highest BCUT2D eigenvalue weighted by Gasteiger charge is 2.25. The molecule has 1 fully saturated rings. The highest BCUT2D eigenvalue weighted by molar-refractivity contribution is 9.10. The first kappa shape index (κ1) is 13.7. The summed E-state index contributed by atoms with van der Waals surface area (Å²) in [6.45, 7) is 0. The quantitative estimate of drug-likeness (QED) is 0.868. The van der Waals surface area contributed by atoms with E-state index in [2.05, 4.69) is 26.2 Å². The Balaban J connectivity index is 2.20. The third-order valence-electron chi connectivity index (χ3n) is 2.24. The molecular weight excluding hydrogens is 338 g/mol. The zero-order valence-corrected chi connectivity index (χ0v) is 12.4. The summed E-state index contributed by atoms with van der Waals surface area (Å²) >= 11 is 6.38. The Morgan fingerprint density at radius 2 is 2.06 bits per heavy atom. The standard InChI is InChI=1S/C10H10BrN3O2S2/c11-5-3-13-4-6(7(5)8(12)15)14-9(16)10-17-1-2-18-10/h3-4,10H,1-2H2,(H2,12,15)(H,14,16). The largest absolute Gasteiger partial charge is 0.365 e. The van der Waals surface area contributed by atoms with Crippen LogP contribution in [0.4, 0.5) is 5.69 Å². The first-order valence-electron chi connectivity index (χ1n) is 5.07. The van der Waals surface area contributed by atoms with Gasteiger partial charge < -0.3 is 11.1 Å². The van der Waals surface area contributed by atoms with Crippen molar-refractivity contribution in [2.75, 3.05) is 16.8 Å². The summed E-state index contributed by atoms with van der Waals surface area (Å²) in [5.41, 5.74) is 5.87. The molecule has 5 nitrogen and oxygen atoms in total. The lowest BCUT2D eigenvalue weighted by Gasteiger charge is -2.12. The van der Waals surface area contributed by atoms with Crippen LogP contribution in [0.15, 0.2) is 16.9 Å². The maximum atomic E-state index is 12.0. The highest BCUT2D eigenvalue weighted by atomic mass is 79.9. The number of amides is 2. The number of thioether (sulfide) groups is 2. The number of nitrogens with one attached hydrogen (secondary N) is 1. The first-order valence-corrected chi connectivity index (χ1v) is 7.96. The molecule has 2 amide bonds. The second kappa shape index (κ2) is 5.94. The lowest BCUT2D eigenvalue weighted by Crippen LogP contribution is -2.24. The van der Waals surface area contributed by atoms with Crippen molar-refractivity contribution in [3.8, 4) is 0 Å². The molecule has 96 valence electrons. The van der Waals surface area contributed by atoms with Crippen molar-refractivity contribution in [1.29, 1.82) is 0 Å². The van der Waals surface area contributed by atoms with Gasteiger partial charge in [0.2, 0.25) is 5.91 Å². The Kier molecular flexibility index (Phi) is 4.52. The Hall–Kier alpha value is -0.730. The third kappa shape index (κ3) is 2.99. The van der Waals surface area contributed by atoms with Crippen LogP contribution in [0, 0.1) is 0 Å². The molecule has 1 aromatic heterocycles. The van der Waals surface area contributed by atoms with Gasteiger partial charge in [-0.2, -0.15) is 0 Å². The minimum absolute atomic E-state index is 0.134. The topological polar surface area (TPSA) is 85.1 Å². The summed E-state index contributed by atoms with van der Waals surface area (Å²) in [6.07, 6.45) is 2.89. The predicted octanol–water partition coefficient (Wildman–Crippen LogP) is 1.69. The van der Waals surface area contributed by atoms with Gasteiger partial charge in [0.15, 0.2) is 0 Å². The van der Waals surface area contributed by atoms with E-state index in [0.29, 0.717) is 10.2 Å². The van der Waals surface area contributed by atoms with E-state index in [1.165, 1.54) is 12.4 Å². The van der Waals surface area contributed by atoms with Crippen LogP contribution in [-0.2, 0) is 4.79 Å². The maximum Gasteiger partial charge on any atom is 0.252 e. The molecule has 1 aromatic rings. The second-order valence-electron chi connectivity index (χ2n) is 3.47. The molecule has 0 spiro atoms. The second-order valence-corrected chi connectivity index (χ2v) is 7.05. The van der Waals surface area contributed by atoms with Crippen molar-refractivity contribution >= 4 is 57.0 Å². The van der Waals surface area contributed by atoms with Crippen LogP contribution in [-0.4, -0.2) is 32.9 Å². The number of anilines is 1. The smallest absolute Gasteiger partial charge is 0.252 e. The molecule has 3 N–H and O–H groups in total. The van der Waals surface area contributed by atoms with Crippen LogP contribution in [0.3, 0.4) is 0 Å². The fraction of sp³-hybridized carbons (Fsp3) is 0.300. The van der Waals surface area contributed by atoms with Crippen molar-refractivity contribution < 1.29 is 9.59 Å². The van der Waals surface area contributed by atoms with Gasteiger partial charge in [-0.1, -0.05) is 0 Å². The molecule has 8 heteroatoms. The molecule has 0 aromatic carbocycles. The number of primary amides is 1. The monoisotopic (exact) mass is 347 g/mol. The van der Waals surface area contributed by atoms with Crippen LogP contribution in [0.1, 0.15) is 10.4 Å². The molecule has 0 saturated carbocycles. The van der Waals surface area contributed by atoms with E-state index < -0.39 is 5.91 Å². The first-order chi connectivity index (χ1) is 8.59. The number of halogens is 1. The number of rotatable bonds is 3. The van der Waals surface area contributed by atoms with Crippen LogP contribution < -0.4 is 11.1 Å². The Morgan fingerprint density at radius 1 is 1.39 bits per heavy atom. The van der Waals surface area contributed by atoms with Gasteiger partial charge >= 0.3 is 0 Å². The zero-order chi connectivity index (χ0) is 13.1. The minimum atomic E-state index is -0.605. The highest BCUT2D eigenvalue weighted by Crippen LogP contribution is 2.33. The predicted molar refractivity (Wildman–Crippen MR) is 77.8 cm³/mol. The molecule has 0 aliphatic carbocycles. The number of hydrogen-bond donors (Lipinski definition) is 2. The van der Waals surface area contributed by atoms with Gasteiger partial charge in [0, 0.05) is 17.7 Å². The van der Waals surface area contributed by atoms with Crippen LogP contribution in [0.25, 0.3) is 0 Å². The van der Waals surface area contributed by atoms with Crippen molar-refractivity contribution in [2.45, 2.75) is 4.58 Å². The molecule has 18 heavy (non-hydrogen) atoms. The lowest BCUT2D eigenvalue weighted by molar-refractivity contribution is -0.114. The summed E-state index contributed by atoms with van der Waals surface area (Å²) in [6, 6.07) is 0. The van der Waals surface area contributed by atoms with E-state index in [0.717, 1.165) is 11.5 Å². The molecule has 0 atom stereocenters. The van der Waals surface area contributed by atoms with Crippen LogP contribution in [0.2, 0.25) is 0 Å². The van der Waals surface area contributed by atoms with Gasteiger partial charge in [-0.15, -0.1) is 23.5 Å². The molecule has 2 rings (SSSR count). The Morgan fingerprint density at radius 3 is 2.67 bits per heavy atom. The van der Waals surface area contributed by atoms with Gasteiger partial charge in [0.05, 0.1) is 21.9 Å². The number of aromatic nitrogens is 1. The summed E-state index contributed by atoms with van der Waals surface area (Å²) in [5, 5.41) is 2.70. The zero-order valence-electron chi connectivity index (χ0n) is 9.18. The van der Waals surface area contributed by atoms with Crippen molar-refractivity contribution in [3.05, 3.63) is 22.4 Å². The summed E-state index contributed by atoms with van der Waals surface area (Å²) < 4.78 is 0.337. The number of nitrogens with zero attached hydrogens (tertiary/aromatic N) is 1. The van der Waals surface area contributed by atoms with Crippen LogP contribution in [0.5, 0.6) is 0 Å². The van der Waals surface area contributed by atoms with Crippen molar-refractivity contribution in [2.24, 2.45) is 5.73 Å². The summed E-state index contributed by atoms with van der Waals surface area (Å²) in [7, 11) is 0. The van der Waals surface area contributed by atoms with Gasteiger partial charge in [-0.05, 0) is 15.9 Å². The third-order valence-corrected chi connectivity index (χ3v) is 5.83. The van der Waals surface area contributed by atoms with E-state index in [1.54, 1.807) is 23.5 Å². The summed E-state index contributed by atoms with van der Waals surface area (Å²) in [5.74, 6) is 1.18. The summed E-state index contributed by atoms with van der Waals surface area (Å²) in [4.78, 5) is 27.2. The fourth-order valence-corrected chi connectivity index (χ4v) is 4.59. The molecule has 1 aliphatic rings. The molecular formula is C10H10BrN3O2S2. The van der Waals surface area contributed by atoms with E-state index in [9.17, 15) is 9.59 Å². The van der Waals surface area contributed by atoms with Crippen LogP contribution >= 0.6 is 39.5 Å². The molecule has 1 aliphatic heterocycles. The van der Waals surface area contributed by atoms with Gasteiger partial charge in [0.25, 0.3) is 5.91 Å². The van der Waals surface area contributed by atoms with Gasteiger partial charge in [0.1, 0.15) is 4.58 Å². The molecule has 0 bridgehead atoms. The molecule has 2 heterocycles. The van der Waals surface area contributed by atoms with Crippen molar-refractivity contribution in [1.82, 2.24) is 4.98 Å². The molecule has 1 saturated heterocycles. The number of carbonyl (C=O) groups excluding carboxylic acids is 2. The average molecular weight is 348 g/mol. The fourth-order valence-electron chi connectivity index (χ4n) is 1.48. The lowest BCUT2D eigenvalue weighted by atomic mass is 10.2. The SMILES string of the molecule is NC(=O)c1c(Br)cncc1NC(=O)C1SCCS1. The Bertz CT molecular complexity index is 492. The Labute approximate surface area is 121 Å². The maximum absolute atomic E-state index is 12.0. The van der Waals surface area contributed by atoms with E-state index >= 15 is 0 Å². The number of carbonyl (C=O) groups is 2. The normalized spacial score (nSPS) is 15.6. The van der Waals surface area contributed by atoms with Gasteiger partial charge in [-0.25, -0.2) is 0 Å². The number of hydrogen-bond acceptors (Lipinski definition) is 5. The minimum Gasteiger partial charge on any atom is -0.365 e. The molecule has 0 unspecified atom stereocenters. The van der Waals surface area contributed by atoms with E-state index in [4.69, 9.17) is 5.73 Å².